The molecule has 0 aliphatic rings. The van der Waals surface area contributed by atoms with Crippen molar-refractivity contribution in [2.24, 2.45) is 0 Å². The second-order valence-electron chi connectivity index (χ2n) is 0.980. The Labute approximate surface area is 45.9 Å². The standard InChI is InChI=1S/C2H5O.4O.Os/c1-2-3;;;;;/h2H2,1H3;;;;;/q-1;;;;;+1. The average Bonchev–Trinajstić information content (AvgIpc) is 1.25. The Morgan fingerprint density at radius 1 is 1.25 bits per heavy atom. The fraction of sp³-hybridized carbons (Fsp3) is 1.00. The Bertz CT molecular complexity index is 267. The summed E-state index contributed by atoms with van der Waals surface area (Å²) in [4.78, 5) is 0. The predicted octanol–water partition coefficient (Wildman–Crippen LogP) is 0.00950. The Balaban J connectivity index is 4.78. The van der Waals surface area contributed by atoms with Gasteiger partial charge in [-0.1, -0.05) is 0 Å². The molecule has 0 aromatic rings. The van der Waals surface area contributed by atoms with Crippen LogP contribution >= 0.6 is 0 Å². The summed E-state index contributed by atoms with van der Waals surface area (Å²) in [5.74, 6) is 0. The Hall–Kier alpha value is -0.204. The second kappa shape index (κ2) is 1.64. The maximum absolute atomic E-state index is 9.59. The van der Waals surface area contributed by atoms with Crippen LogP contribution in [-0.2, 0) is 31.7 Å². The minimum atomic E-state index is -7.25. The molecule has 8 heavy (non-hydrogen) atoms. The van der Waals surface area contributed by atoms with E-state index in [4.69, 9.17) is 0 Å². The van der Waals surface area contributed by atoms with Crippen LogP contribution in [0.2, 0.25) is 0 Å². The summed E-state index contributed by atoms with van der Waals surface area (Å²) in [7, 11) is 0. The molecule has 0 fully saturated rings. The van der Waals surface area contributed by atoms with E-state index in [9.17, 15) is 14.2 Å². The van der Waals surface area contributed by atoms with Crippen LogP contribution in [-0.4, -0.2) is 6.61 Å². The Kier molecular flexibility index (Phi) is 1.60. The van der Waals surface area contributed by atoms with Crippen LogP contribution in [0.3, 0.4) is 0 Å². The van der Waals surface area contributed by atoms with Gasteiger partial charge in [0.15, 0.2) is 0 Å². The molecule has 0 heterocycles. The molecule has 0 aromatic heterocycles. The third kappa shape index (κ3) is 5.80. The number of hydrogen-bond donors (Lipinski definition) is 0. The molecule has 5 nitrogen and oxygen atoms in total. The molecule has 0 N–H and O–H groups in total. The normalized spacial score (nSPS) is 16.9. The van der Waals surface area contributed by atoms with Gasteiger partial charge in [-0.3, -0.25) is 0 Å². The van der Waals surface area contributed by atoms with Gasteiger partial charge in [-0.15, -0.1) is 0 Å². The van der Waals surface area contributed by atoms with E-state index in [1.807, 2.05) is 0 Å². The summed E-state index contributed by atoms with van der Waals surface area (Å²) in [6.07, 6.45) is 0. The second-order valence-corrected chi connectivity index (χ2v) is 5.95. The molecule has 0 bridgehead atoms. The zero-order valence-electron chi connectivity index (χ0n) is 4.10. The summed E-state index contributed by atoms with van der Waals surface area (Å²) in [5.41, 5.74) is 0. The monoisotopic (exact) mass is 301 g/mol. The number of rotatable bonds is 2. The van der Waals surface area contributed by atoms with Gasteiger partial charge in [-0.25, -0.2) is 0 Å². The van der Waals surface area contributed by atoms with Crippen LogP contribution in [0.25, 0.3) is 0 Å². The molecule has 0 amide bonds. The fourth-order valence-corrected chi connectivity index (χ4v) is 1.36. The van der Waals surface area contributed by atoms with E-state index in [0.717, 1.165) is 0 Å². The van der Waals surface area contributed by atoms with Crippen LogP contribution in [0.1, 0.15) is 6.92 Å². The average molecular weight is 299 g/mol. The fourth-order valence-electron chi connectivity index (χ4n) is 0.167. The molecule has 0 rings (SSSR count). The molecular weight excluding hydrogens is 294 g/mol. The van der Waals surface area contributed by atoms with Gasteiger partial charge in [-0.05, 0) is 0 Å². The zero-order chi connectivity index (χ0) is 6.86. The molecule has 51 valence electrons. The van der Waals surface area contributed by atoms with Crippen LogP contribution < -0.4 is 0 Å². The molecule has 0 unspecified atom stereocenters. The first-order valence-corrected chi connectivity index (χ1v) is 6.90. The van der Waals surface area contributed by atoms with E-state index >= 15 is 0 Å². The van der Waals surface area contributed by atoms with Crippen molar-refractivity contribution in [1.82, 2.24) is 0 Å². The minimum absolute atomic E-state index is 0.375. The molecule has 6 heteroatoms. The van der Waals surface area contributed by atoms with Gasteiger partial charge in [0.25, 0.3) is 0 Å². The van der Waals surface area contributed by atoms with E-state index in [1.54, 1.807) is 0 Å². The molecule has 0 aromatic carbocycles. The van der Waals surface area contributed by atoms with E-state index in [2.05, 4.69) is 3.53 Å². The molecule has 0 aliphatic heterocycles. The van der Waals surface area contributed by atoms with Gasteiger partial charge in [0.1, 0.15) is 0 Å². The van der Waals surface area contributed by atoms with Gasteiger partial charge in [-0.2, -0.15) is 0 Å². The van der Waals surface area contributed by atoms with Crippen molar-refractivity contribution >= 4 is 0 Å². The summed E-state index contributed by atoms with van der Waals surface area (Å²) in [6, 6.07) is 0. The van der Waals surface area contributed by atoms with Crippen molar-refractivity contribution in [2.75, 3.05) is 6.61 Å². The van der Waals surface area contributed by atoms with Crippen LogP contribution in [0.4, 0.5) is 0 Å². The molecule has 0 aliphatic carbocycles. The van der Waals surface area contributed by atoms with Gasteiger partial charge in [0.05, 0.1) is 0 Å². The summed E-state index contributed by atoms with van der Waals surface area (Å²) < 4.78 is 41.7. The van der Waals surface area contributed by atoms with Crippen molar-refractivity contribution in [1.29, 1.82) is 0 Å². The van der Waals surface area contributed by atoms with Crippen LogP contribution in [0, 0.1) is 0 Å². The third-order valence-electron chi connectivity index (χ3n) is 0.269. The molecule has 0 radical (unpaired) electrons. The SMILES string of the molecule is CC[O][Os](=[O])(=[O])(=[O])=[O]. The summed E-state index contributed by atoms with van der Waals surface area (Å²) in [5, 5.41) is 0. The van der Waals surface area contributed by atoms with E-state index < -0.39 is 14.0 Å². The van der Waals surface area contributed by atoms with Crippen molar-refractivity contribution in [3.63, 3.8) is 0 Å². The van der Waals surface area contributed by atoms with Gasteiger partial charge < -0.3 is 0 Å². The van der Waals surface area contributed by atoms with Crippen LogP contribution in [0.5, 0.6) is 0 Å². The molecule has 0 saturated carbocycles. The molecule has 0 spiro atoms. The molecule has 0 saturated heterocycles. The Morgan fingerprint density at radius 3 is 1.62 bits per heavy atom. The first kappa shape index (κ1) is 7.80. The van der Waals surface area contributed by atoms with E-state index in [-0.39, 0.29) is 6.61 Å². The van der Waals surface area contributed by atoms with Crippen molar-refractivity contribution < 1.29 is 31.7 Å². The summed E-state index contributed by atoms with van der Waals surface area (Å²) in [6.45, 7) is 0.884. The quantitative estimate of drug-likeness (QED) is 0.718. The number of hydrogen-bond acceptors (Lipinski definition) is 5. The first-order chi connectivity index (χ1) is 3.31. The molecule has 0 atom stereocenters. The Morgan fingerprint density at radius 2 is 1.62 bits per heavy atom. The van der Waals surface area contributed by atoms with Crippen molar-refractivity contribution in [3.8, 4) is 0 Å². The maximum atomic E-state index is 9.59. The van der Waals surface area contributed by atoms with Gasteiger partial charge >= 0.3 is 45.2 Å². The first-order valence-electron chi connectivity index (χ1n) is 1.72. The predicted molar refractivity (Wildman–Crippen MR) is 14.4 cm³/mol. The van der Waals surface area contributed by atoms with E-state index in [1.165, 1.54) is 6.92 Å². The van der Waals surface area contributed by atoms with Crippen LogP contribution in [0.15, 0.2) is 0 Å². The topological polar surface area (TPSA) is 77.5 Å². The summed E-state index contributed by atoms with van der Waals surface area (Å²) >= 11 is -7.25. The van der Waals surface area contributed by atoms with Gasteiger partial charge in [0, 0.05) is 0 Å². The van der Waals surface area contributed by atoms with Crippen molar-refractivity contribution in [2.45, 2.75) is 6.92 Å². The van der Waals surface area contributed by atoms with Gasteiger partial charge in [0.2, 0.25) is 0 Å². The van der Waals surface area contributed by atoms with Crippen molar-refractivity contribution in [3.05, 3.63) is 0 Å². The molecular formula is C2H5O5Os. The zero-order valence-corrected chi connectivity index (χ0v) is 6.64. The van der Waals surface area contributed by atoms with E-state index in [0.29, 0.717) is 0 Å². The third-order valence-corrected chi connectivity index (χ3v) is 2.20.